The summed E-state index contributed by atoms with van der Waals surface area (Å²) in [5, 5.41) is 61.0. The lowest BCUT2D eigenvalue weighted by molar-refractivity contribution is -0.150. The maximum atomic E-state index is 14.0. The van der Waals surface area contributed by atoms with Gasteiger partial charge < -0.3 is 62.6 Å². The SMILES string of the molecule is CC(CCl)CC(NC(=O)C(O)O)C(=O)NC(C(=O)NC1C(=O)NC(=CCl)C(=O)NC(C(=O)O)CC2=C(CC(O)C2=O)OC1C(C)C)C(O)CCCN. The highest BCUT2D eigenvalue weighted by Crippen LogP contribution is 2.31. The normalized spacial score (nSPS) is 24.4. The Morgan fingerprint density at radius 2 is 1.69 bits per heavy atom. The van der Waals surface area contributed by atoms with Crippen molar-refractivity contribution in [1.29, 1.82) is 0 Å². The number of Topliss-reactive ketones (excluding diaryl/α,β-unsaturated/α-hetero) is 1. The molecule has 19 nitrogen and oxygen atoms in total. The van der Waals surface area contributed by atoms with E-state index in [0.717, 1.165) is 0 Å². The third kappa shape index (κ3) is 12.1. The molecule has 292 valence electrons. The van der Waals surface area contributed by atoms with E-state index in [-0.39, 0.29) is 43.0 Å². The zero-order valence-electron chi connectivity index (χ0n) is 28.6. The fraction of sp³-hybridized carbons (Fsp3) is 0.645. The van der Waals surface area contributed by atoms with E-state index in [9.17, 15) is 59.1 Å². The molecule has 0 saturated carbocycles. The Labute approximate surface area is 308 Å². The number of aliphatic carboxylic acids is 1. The van der Waals surface area contributed by atoms with Gasteiger partial charge in [-0.1, -0.05) is 32.4 Å². The first-order valence-corrected chi connectivity index (χ1v) is 17.3. The molecule has 5 amide bonds. The molecule has 8 atom stereocenters. The predicted molar refractivity (Wildman–Crippen MR) is 181 cm³/mol. The Morgan fingerprint density at radius 1 is 1.04 bits per heavy atom. The smallest absolute Gasteiger partial charge is 0.326 e. The van der Waals surface area contributed by atoms with Gasteiger partial charge in [0.1, 0.15) is 47.8 Å². The number of carboxylic acids is 1. The van der Waals surface area contributed by atoms with Crippen LogP contribution in [0, 0.1) is 11.8 Å². The molecular weight excluding hydrogens is 735 g/mol. The Hall–Kier alpha value is -3.85. The van der Waals surface area contributed by atoms with Crippen LogP contribution in [0.1, 0.15) is 52.9 Å². The van der Waals surface area contributed by atoms with Gasteiger partial charge in [-0.15, -0.1) is 11.6 Å². The highest BCUT2D eigenvalue weighted by atomic mass is 35.5. The van der Waals surface area contributed by atoms with Crippen LogP contribution in [0.25, 0.3) is 0 Å². The molecule has 0 spiro atoms. The summed E-state index contributed by atoms with van der Waals surface area (Å²) in [7, 11) is 0. The number of nitrogens with one attached hydrogen (secondary N) is 5. The van der Waals surface area contributed by atoms with Crippen LogP contribution in [0.4, 0.5) is 0 Å². The van der Waals surface area contributed by atoms with Crippen LogP contribution >= 0.6 is 23.2 Å². The maximum absolute atomic E-state index is 14.0. The van der Waals surface area contributed by atoms with Crippen molar-refractivity contribution in [2.24, 2.45) is 17.6 Å². The summed E-state index contributed by atoms with van der Waals surface area (Å²) >= 11 is 11.7. The second kappa shape index (κ2) is 20.4. The number of ketones is 1. The average molecular weight is 782 g/mol. The van der Waals surface area contributed by atoms with E-state index in [1.807, 2.05) is 0 Å². The quantitative estimate of drug-likeness (QED) is 0.0446. The third-order valence-electron chi connectivity index (χ3n) is 8.22. The fourth-order valence-electron chi connectivity index (χ4n) is 5.37. The number of carbonyl (C=O) groups is 7. The van der Waals surface area contributed by atoms with E-state index in [4.69, 9.17) is 33.7 Å². The lowest BCUT2D eigenvalue weighted by atomic mass is 9.96. The molecule has 0 aromatic carbocycles. The summed E-state index contributed by atoms with van der Waals surface area (Å²) in [5.41, 5.74) is 5.29. The number of aliphatic hydroxyl groups is 4. The van der Waals surface area contributed by atoms with Gasteiger partial charge in [-0.05, 0) is 37.6 Å². The van der Waals surface area contributed by atoms with E-state index in [1.54, 1.807) is 20.8 Å². The summed E-state index contributed by atoms with van der Waals surface area (Å²) in [6.45, 7) is 4.84. The minimum absolute atomic E-state index is 0.0340. The van der Waals surface area contributed by atoms with E-state index in [2.05, 4.69) is 26.6 Å². The van der Waals surface area contributed by atoms with Crippen LogP contribution in [0.5, 0.6) is 0 Å². The van der Waals surface area contributed by atoms with Gasteiger partial charge in [0.05, 0.1) is 6.10 Å². The van der Waals surface area contributed by atoms with Crippen molar-refractivity contribution < 1.29 is 63.8 Å². The molecule has 0 aromatic rings. The molecule has 12 N–H and O–H groups in total. The molecule has 21 heteroatoms. The Bertz CT molecular complexity index is 1420. The molecular formula is C31H46Cl2N6O13. The number of halogens is 2. The Balaban J connectivity index is 2.63. The van der Waals surface area contributed by atoms with Crippen LogP contribution in [-0.2, 0) is 38.3 Å². The predicted octanol–water partition coefficient (Wildman–Crippen LogP) is -3.09. The van der Waals surface area contributed by atoms with Gasteiger partial charge >= 0.3 is 5.97 Å². The van der Waals surface area contributed by atoms with Crippen LogP contribution in [0.3, 0.4) is 0 Å². The van der Waals surface area contributed by atoms with Gasteiger partial charge in [0.25, 0.3) is 17.7 Å². The largest absolute Gasteiger partial charge is 0.491 e. The summed E-state index contributed by atoms with van der Waals surface area (Å²) in [6.07, 6.45) is -8.28. The van der Waals surface area contributed by atoms with Gasteiger partial charge in [0, 0.05) is 29.8 Å². The van der Waals surface area contributed by atoms with Crippen molar-refractivity contribution in [3.05, 3.63) is 22.6 Å². The molecule has 52 heavy (non-hydrogen) atoms. The second-order valence-corrected chi connectivity index (χ2v) is 13.3. The highest BCUT2D eigenvalue weighted by molar-refractivity contribution is 6.28. The minimum Gasteiger partial charge on any atom is -0.491 e. The number of hydrogen-bond acceptors (Lipinski definition) is 13. The van der Waals surface area contributed by atoms with Crippen molar-refractivity contribution in [2.75, 3.05) is 12.4 Å². The number of nitrogens with two attached hydrogens (primary N) is 1. The van der Waals surface area contributed by atoms with Crippen LogP contribution in [0.15, 0.2) is 22.6 Å². The van der Waals surface area contributed by atoms with E-state index in [1.165, 1.54) is 0 Å². The molecule has 8 unspecified atom stereocenters. The van der Waals surface area contributed by atoms with Gasteiger partial charge in [0.2, 0.25) is 18.1 Å². The zero-order chi connectivity index (χ0) is 39.4. The highest BCUT2D eigenvalue weighted by Gasteiger charge is 2.43. The van der Waals surface area contributed by atoms with Gasteiger partial charge in [-0.2, -0.15) is 0 Å². The monoisotopic (exact) mass is 780 g/mol. The summed E-state index contributed by atoms with van der Waals surface area (Å²) in [4.78, 5) is 91.4. The Kier molecular flexibility index (Phi) is 17.4. The van der Waals surface area contributed by atoms with Crippen LogP contribution in [-0.4, -0.2) is 128 Å². The molecule has 1 heterocycles. The van der Waals surface area contributed by atoms with Crippen LogP contribution in [0.2, 0.25) is 0 Å². The van der Waals surface area contributed by atoms with Crippen molar-refractivity contribution in [1.82, 2.24) is 26.6 Å². The number of ether oxygens (including phenoxy) is 1. The first-order valence-electron chi connectivity index (χ1n) is 16.3. The fourth-order valence-corrected chi connectivity index (χ4v) is 5.65. The summed E-state index contributed by atoms with van der Waals surface area (Å²) in [6, 6.07) is -6.80. The maximum Gasteiger partial charge on any atom is 0.326 e. The van der Waals surface area contributed by atoms with E-state index >= 15 is 0 Å². The molecule has 0 saturated heterocycles. The van der Waals surface area contributed by atoms with Crippen molar-refractivity contribution in [2.45, 2.75) is 102 Å². The summed E-state index contributed by atoms with van der Waals surface area (Å²) < 4.78 is 6.10. The number of carbonyl (C=O) groups excluding carboxylic acids is 6. The molecule has 1 aliphatic carbocycles. The molecule has 0 bridgehead atoms. The summed E-state index contributed by atoms with van der Waals surface area (Å²) in [5.74, 6) is -9.52. The number of hydrogen-bond donors (Lipinski definition) is 11. The molecule has 2 aliphatic rings. The number of alkyl halides is 1. The number of carboxylic acid groups (broad SMARTS) is 1. The van der Waals surface area contributed by atoms with Gasteiger partial charge in [-0.25, -0.2) is 4.79 Å². The lowest BCUT2D eigenvalue weighted by Gasteiger charge is -2.34. The second-order valence-electron chi connectivity index (χ2n) is 12.8. The van der Waals surface area contributed by atoms with E-state index in [0.29, 0.717) is 5.54 Å². The first kappa shape index (κ1) is 44.3. The molecule has 2 rings (SSSR count). The molecule has 0 fully saturated rings. The van der Waals surface area contributed by atoms with Crippen molar-refractivity contribution in [3.8, 4) is 0 Å². The third-order valence-corrected chi connectivity index (χ3v) is 8.97. The Morgan fingerprint density at radius 3 is 2.23 bits per heavy atom. The average Bonchev–Trinajstić information content (AvgIpc) is 3.34. The van der Waals surface area contributed by atoms with Gasteiger partial charge in [-0.3, -0.25) is 28.8 Å². The topological polar surface area (TPSA) is 316 Å². The van der Waals surface area contributed by atoms with Crippen LogP contribution < -0.4 is 32.3 Å². The lowest BCUT2D eigenvalue weighted by Crippen LogP contribution is -2.63. The molecule has 0 aromatic heterocycles. The minimum atomic E-state index is -2.49. The van der Waals surface area contributed by atoms with Gasteiger partial charge in [0.15, 0.2) is 5.78 Å². The van der Waals surface area contributed by atoms with Crippen molar-refractivity contribution >= 4 is 64.5 Å². The number of rotatable bonds is 15. The first-order chi connectivity index (χ1) is 24.4. The molecule has 1 aliphatic heterocycles. The van der Waals surface area contributed by atoms with Crippen molar-refractivity contribution in [3.63, 3.8) is 0 Å². The number of aliphatic hydroxyl groups excluding tert-OH is 3. The standard InChI is InChI=1S/C31H46Cl2N6O13/c1-12(2)24-22(28(46)37-17(11-33)26(44)36-16(30(48)49)8-14-20(52-24)9-19(41)23(14)42)39-27(45)21(18(40)5-4-6-34)38-25(43)15(7-13(3)10-32)35-29(47)31(50)51/h11-13,15-16,18-19,21-22,24,31,40-41,50-51H,4-10,34H2,1-3H3,(H,35,47)(H,36,44)(H,37,46)(H,38,43)(H,39,45)(H,48,49). The zero-order valence-corrected chi connectivity index (χ0v) is 30.1. The van der Waals surface area contributed by atoms with E-state index < -0.39 is 120 Å². The number of amides is 5. The molecule has 0 radical (unpaired) electrons.